The van der Waals surface area contributed by atoms with Crippen LogP contribution in [0, 0.1) is 11.3 Å². The van der Waals surface area contributed by atoms with E-state index in [1.165, 1.54) is 10.4 Å². The third kappa shape index (κ3) is 3.46. The van der Waals surface area contributed by atoms with E-state index in [0.29, 0.717) is 29.4 Å². The van der Waals surface area contributed by atoms with Crippen LogP contribution in [0.25, 0.3) is 0 Å². The summed E-state index contributed by atoms with van der Waals surface area (Å²) in [5, 5.41) is 13.2. The average molecular weight is 398 g/mol. The van der Waals surface area contributed by atoms with Crippen LogP contribution < -0.4 is 14.8 Å². The van der Waals surface area contributed by atoms with E-state index >= 15 is 0 Å². The molecule has 4 rings (SSSR count). The quantitative estimate of drug-likeness (QED) is 0.839. The molecule has 6 nitrogen and oxygen atoms in total. The van der Waals surface area contributed by atoms with Gasteiger partial charge >= 0.3 is 0 Å². The Morgan fingerprint density at radius 3 is 2.68 bits per heavy atom. The lowest BCUT2D eigenvalue weighted by Gasteiger charge is -2.29. The number of nitrogens with one attached hydrogen (secondary N) is 1. The van der Waals surface area contributed by atoms with Crippen LogP contribution in [0.1, 0.15) is 33.6 Å². The zero-order chi connectivity index (χ0) is 19.7. The van der Waals surface area contributed by atoms with E-state index < -0.39 is 0 Å². The number of nitrogens with zero attached hydrogens (tertiary/aromatic N) is 2. The molecule has 1 N–H and O–H groups in total. The molecule has 0 saturated carbocycles. The second-order valence-corrected chi connectivity index (χ2v) is 8.26. The Kier molecular flexibility index (Phi) is 5.25. The standard InChI is InChI=1S/C21H23N3O3S/c1-26-17-8-13-6-7-24(11-14(13)9-18(17)27-2)12-20(25)23-21-16(10-22)15-4-3-5-19(15)28-21/h8-9H,3-7,11-12H2,1-2H3,(H,23,25). The van der Waals surface area contributed by atoms with Crippen molar-refractivity contribution >= 4 is 22.2 Å². The van der Waals surface area contributed by atoms with Crippen LogP contribution in [0.5, 0.6) is 11.5 Å². The molecule has 0 atom stereocenters. The van der Waals surface area contributed by atoms with Gasteiger partial charge in [0.15, 0.2) is 11.5 Å². The van der Waals surface area contributed by atoms with Crippen molar-refractivity contribution in [3.05, 3.63) is 39.3 Å². The second kappa shape index (κ2) is 7.82. The Morgan fingerprint density at radius 1 is 1.21 bits per heavy atom. The van der Waals surface area contributed by atoms with E-state index in [2.05, 4.69) is 16.3 Å². The van der Waals surface area contributed by atoms with Crippen molar-refractivity contribution in [1.29, 1.82) is 5.26 Å². The first-order valence-corrected chi connectivity index (χ1v) is 10.2. The number of amides is 1. The molecule has 2 aromatic rings. The molecule has 0 spiro atoms. The van der Waals surface area contributed by atoms with Crippen LogP contribution in [0.2, 0.25) is 0 Å². The van der Waals surface area contributed by atoms with Gasteiger partial charge in [-0.25, -0.2) is 0 Å². The monoisotopic (exact) mass is 397 g/mol. The normalized spacial score (nSPS) is 15.5. The highest BCUT2D eigenvalue weighted by Gasteiger charge is 2.25. The number of hydrogen-bond donors (Lipinski definition) is 1. The Hall–Kier alpha value is -2.56. The predicted octanol–water partition coefficient (Wildman–Crippen LogP) is 3.12. The topological polar surface area (TPSA) is 74.6 Å². The maximum atomic E-state index is 12.6. The van der Waals surface area contributed by atoms with Crippen LogP contribution in [-0.2, 0) is 30.6 Å². The minimum absolute atomic E-state index is 0.0691. The largest absolute Gasteiger partial charge is 0.493 e. The van der Waals surface area contributed by atoms with Crippen molar-refractivity contribution in [2.24, 2.45) is 0 Å². The lowest BCUT2D eigenvalue weighted by molar-refractivity contribution is -0.117. The van der Waals surface area contributed by atoms with Gasteiger partial charge in [-0.1, -0.05) is 0 Å². The van der Waals surface area contributed by atoms with Crippen molar-refractivity contribution in [2.45, 2.75) is 32.2 Å². The van der Waals surface area contributed by atoms with Crippen molar-refractivity contribution in [1.82, 2.24) is 4.90 Å². The summed E-state index contributed by atoms with van der Waals surface area (Å²) in [7, 11) is 3.27. The Bertz CT molecular complexity index is 961. The molecule has 0 fully saturated rings. The summed E-state index contributed by atoms with van der Waals surface area (Å²) in [5.41, 5.74) is 4.18. The van der Waals surface area contributed by atoms with Gasteiger partial charge in [-0.3, -0.25) is 9.69 Å². The highest BCUT2D eigenvalue weighted by atomic mass is 32.1. The first kappa shape index (κ1) is 18.8. The van der Waals surface area contributed by atoms with Gasteiger partial charge in [0, 0.05) is 18.0 Å². The van der Waals surface area contributed by atoms with E-state index in [4.69, 9.17) is 9.47 Å². The molecule has 0 bridgehead atoms. The van der Waals surface area contributed by atoms with Gasteiger partial charge in [0.2, 0.25) is 5.91 Å². The number of benzene rings is 1. The number of carbonyl (C=O) groups excluding carboxylic acids is 1. The molecular weight excluding hydrogens is 374 g/mol. The maximum Gasteiger partial charge on any atom is 0.239 e. The summed E-state index contributed by atoms with van der Waals surface area (Å²) in [6.45, 7) is 1.80. The Balaban J connectivity index is 1.43. The predicted molar refractivity (Wildman–Crippen MR) is 108 cm³/mol. The summed E-state index contributed by atoms with van der Waals surface area (Å²) in [4.78, 5) is 16.0. The minimum Gasteiger partial charge on any atom is -0.493 e. The lowest BCUT2D eigenvalue weighted by Crippen LogP contribution is -2.37. The first-order chi connectivity index (χ1) is 13.6. The van der Waals surface area contributed by atoms with Crippen LogP contribution in [0.3, 0.4) is 0 Å². The van der Waals surface area contributed by atoms with Gasteiger partial charge < -0.3 is 14.8 Å². The number of rotatable bonds is 5. The number of thiophene rings is 1. The van der Waals surface area contributed by atoms with E-state index in [1.54, 1.807) is 25.6 Å². The van der Waals surface area contributed by atoms with Gasteiger partial charge in [-0.05, 0) is 54.5 Å². The van der Waals surface area contributed by atoms with Crippen LogP contribution >= 0.6 is 11.3 Å². The van der Waals surface area contributed by atoms with E-state index in [0.717, 1.165) is 49.1 Å². The average Bonchev–Trinajstić information content (AvgIpc) is 3.27. The van der Waals surface area contributed by atoms with E-state index in [9.17, 15) is 10.1 Å². The summed E-state index contributed by atoms with van der Waals surface area (Å²) in [6, 6.07) is 6.30. The van der Waals surface area contributed by atoms with Crippen molar-refractivity contribution < 1.29 is 14.3 Å². The van der Waals surface area contributed by atoms with Gasteiger partial charge in [-0.15, -0.1) is 11.3 Å². The molecule has 1 amide bonds. The van der Waals surface area contributed by atoms with E-state index in [-0.39, 0.29) is 5.91 Å². The van der Waals surface area contributed by atoms with Gasteiger partial charge in [0.25, 0.3) is 0 Å². The molecule has 1 aromatic carbocycles. The minimum atomic E-state index is -0.0691. The fraction of sp³-hybridized carbons (Fsp3) is 0.429. The smallest absolute Gasteiger partial charge is 0.239 e. The molecule has 0 saturated heterocycles. The lowest BCUT2D eigenvalue weighted by atomic mass is 9.99. The fourth-order valence-corrected chi connectivity index (χ4v) is 5.31. The highest BCUT2D eigenvalue weighted by Crippen LogP contribution is 2.38. The highest BCUT2D eigenvalue weighted by molar-refractivity contribution is 7.16. The van der Waals surface area contributed by atoms with Crippen LogP contribution in [0.4, 0.5) is 5.00 Å². The molecule has 1 aromatic heterocycles. The molecule has 146 valence electrons. The fourth-order valence-electron chi connectivity index (χ4n) is 4.06. The third-order valence-electron chi connectivity index (χ3n) is 5.45. The van der Waals surface area contributed by atoms with Gasteiger partial charge in [0.05, 0.1) is 26.3 Å². The Morgan fingerprint density at radius 2 is 1.96 bits per heavy atom. The maximum absolute atomic E-state index is 12.6. The molecular formula is C21H23N3O3S. The number of aryl methyl sites for hydroxylation is 1. The molecule has 0 radical (unpaired) electrons. The van der Waals surface area contributed by atoms with E-state index in [1.807, 2.05) is 12.1 Å². The molecule has 7 heteroatoms. The Labute approximate surface area is 168 Å². The van der Waals surface area contributed by atoms with Gasteiger partial charge in [-0.2, -0.15) is 5.26 Å². The zero-order valence-electron chi connectivity index (χ0n) is 16.1. The third-order valence-corrected chi connectivity index (χ3v) is 6.66. The summed E-state index contributed by atoms with van der Waals surface area (Å²) in [5.74, 6) is 1.38. The summed E-state index contributed by atoms with van der Waals surface area (Å²) in [6.07, 6.45) is 3.92. The number of carbonyl (C=O) groups is 1. The summed E-state index contributed by atoms with van der Waals surface area (Å²) >= 11 is 1.56. The molecule has 28 heavy (non-hydrogen) atoms. The number of hydrogen-bond acceptors (Lipinski definition) is 6. The number of ether oxygens (including phenoxy) is 2. The first-order valence-electron chi connectivity index (χ1n) is 9.43. The second-order valence-electron chi connectivity index (χ2n) is 7.16. The van der Waals surface area contributed by atoms with Crippen molar-refractivity contribution in [2.75, 3.05) is 32.6 Å². The van der Waals surface area contributed by atoms with Gasteiger partial charge in [0.1, 0.15) is 11.1 Å². The number of methoxy groups -OCH3 is 2. The molecule has 2 heterocycles. The van der Waals surface area contributed by atoms with Crippen molar-refractivity contribution in [3.63, 3.8) is 0 Å². The summed E-state index contributed by atoms with van der Waals surface area (Å²) < 4.78 is 10.8. The van der Waals surface area contributed by atoms with Crippen LogP contribution in [-0.4, -0.2) is 38.1 Å². The van der Waals surface area contributed by atoms with Crippen molar-refractivity contribution in [3.8, 4) is 17.6 Å². The number of anilines is 1. The molecule has 2 aliphatic rings. The number of fused-ring (bicyclic) bond motifs is 2. The number of nitriles is 1. The molecule has 1 aliphatic heterocycles. The molecule has 0 unspecified atom stereocenters. The molecule has 1 aliphatic carbocycles. The van der Waals surface area contributed by atoms with Crippen LogP contribution in [0.15, 0.2) is 12.1 Å². The zero-order valence-corrected chi connectivity index (χ0v) is 16.9. The SMILES string of the molecule is COc1cc2c(cc1OC)CN(CC(=O)Nc1sc3c(c1C#N)CCC3)CC2.